The van der Waals surface area contributed by atoms with Crippen molar-refractivity contribution in [1.82, 2.24) is 29.5 Å². The number of amides is 1. The minimum Gasteiger partial charge on any atom is -0.508 e. The molecule has 2 aliphatic heterocycles. The van der Waals surface area contributed by atoms with Crippen molar-refractivity contribution in [2.45, 2.75) is 43.7 Å². The number of aromatic nitrogens is 4. The van der Waals surface area contributed by atoms with Crippen LogP contribution in [0.4, 0.5) is 23.4 Å². The van der Waals surface area contributed by atoms with Crippen LogP contribution in [0.2, 0.25) is 0 Å². The Morgan fingerprint density at radius 1 is 1.11 bits per heavy atom. The maximum absolute atomic E-state index is 17.7. The average Bonchev–Trinajstić information content (AvgIpc) is 3.31. The number of ether oxygens (including phenoxy) is 2. The number of carbonyl (C=O) groups excluding carboxylic acids is 1. The first kappa shape index (κ1) is 35.8. The summed E-state index contributed by atoms with van der Waals surface area (Å²) in [6, 6.07) is 4.66. The van der Waals surface area contributed by atoms with Crippen LogP contribution in [0.1, 0.15) is 31.2 Å². The third-order valence-corrected chi connectivity index (χ3v) is 11.0. The largest absolute Gasteiger partial charge is 0.508 e. The van der Waals surface area contributed by atoms with Crippen molar-refractivity contribution in [3.05, 3.63) is 47.7 Å². The second kappa shape index (κ2) is 13.0. The van der Waals surface area contributed by atoms with Gasteiger partial charge in [0.2, 0.25) is 5.91 Å². The number of likely N-dealkylation sites (tertiary alicyclic amines) is 1. The van der Waals surface area contributed by atoms with E-state index in [0.717, 1.165) is 12.8 Å². The minimum absolute atomic E-state index is 0.0343. The highest BCUT2D eigenvalue weighted by Crippen LogP contribution is 2.60. The zero-order chi connectivity index (χ0) is 38.3. The molecule has 0 spiro atoms. The third kappa shape index (κ3) is 5.74. The predicted molar refractivity (Wildman–Crippen MR) is 195 cm³/mol. The number of hydrogen-bond donors (Lipinski definition) is 1. The van der Waals surface area contributed by atoms with E-state index in [1.165, 1.54) is 28.9 Å². The van der Waals surface area contributed by atoms with E-state index < -0.39 is 29.6 Å². The standard InChI is InChI=1S/C39H39F4N7O4/c1-6-25-28(40)10-7-21-13-24(51)14-26(30(21)25)31-33(41)35-32(27-17-48(4)46-34(27)31)36(45-37(44-35)54-20-38(19-47(2)3)18-39(38,42)43)50-22-8-9-23(50)16-49(15-22)29(52)11-12-53-5/h1,7,10,13-14,17,22-23,51H,8-9,11-12,15-16,18-20H2,2-5H3/t22?,23?,38-/m1/s1. The number of phenolic OH excluding ortho intramolecular Hbond substituents is 1. The molecule has 2 saturated heterocycles. The maximum Gasteiger partial charge on any atom is 0.319 e. The lowest BCUT2D eigenvalue weighted by Crippen LogP contribution is -2.56. The fourth-order valence-corrected chi connectivity index (χ4v) is 8.54. The molecule has 11 nitrogen and oxygen atoms in total. The molecule has 1 N–H and O–H groups in total. The normalized spacial score (nSPS) is 21.8. The molecule has 2 aromatic heterocycles. The zero-order valence-electron chi connectivity index (χ0n) is 30.3. The fraction of sp³-hybridized carbons (Fsp3) is 0.436. The summed E-state index contributed by atoms with van der Waals surface area (Å²) in [6.45, 7) is 0.724. The first-order chi connectivity index (χ1) is 25.8. The van der Waals surface area contributed by atoms with Crippen LogP contribution in [0.15, 0.2) is 30.5 Å². The number of phenols is 1. The molecular formula is C39H39F4N7O4. The number of aromatic hydroxyl groups is 1. The SMILES string of the molecule is C#Cc1c(F)ccc2cc(O)cc(-c3c(F)c4nc(OC[C@]5(CN(C)C)CC5(F)F)nc(N5C6CCC5CN(C(=O)CCOC)C6)c4c4cn(C)nc34)c12. The summed E-state index contributed by atoms with van der Waals surface area (Å²) in [5.41, 5.74) is -1.59. The average molecular weight is 746 g/mol. The van der Waals surface area contributed by atoms with Gasteiger partial charge in [-0.25, -0.2) is 17.6 Å². The minimum atomic E-state index is -2.97. The van der Waals surface area contributed by atoms with Gasteiger partial charge < -0.3 is 29.3 Å². The Morgan fingerprint density at radius 3 is 2.48 bits per heavy atom. The number of terminal acetylenes is 1. The summed E-state index contributed by atoms with van der Waals surface area (Å²) in [4.78, 5) is 28.0. The van der Waals surface area contributed by atoms with Crippen LogP contribution in [0, 0.1) is 29.4 Å². The van der Waals surface area contributed by atoms with Gasteiger partial charge in [0.15, 0.2) is 5.82 Å². The van der Waals surface area contributed by atoms with Gasteiger partial charge in [0, 0.05) is 74.8 Å². The lowest BCUT2D eigenvalue weighted by atomic mass is 9.91. The van der Waals surface area contributed by atoms with Crippen molar-refractivity contribution in [1.29, 1.82) is 0 Å². The number of piperazine rings is 1. The summed E-state index contributed by atoms with van der Waals surface area (Å²) in [5, 5.41) is 16.8. The predicted octanol–water partition coefficient (Wildman–Crippen LogP) is 5.48. The molecule has 4 heterocycles. The van der Waals surface area contributed by atoms with E-state index in [9.17, 15) is 18.7 Å². The Bertz CT molecular complexity index is 2380. The van der Waals surface area contributed by atoms with E-state index in [1.807, 2.05) is 4.90 Å². The lowest BCUT2D eigenvalue weighted by Gasteiger charge is -2.42. The van der Waals surface area contributed by atoms with Gasteiger partial charge in [-0.3, -0.25) is 9.48 Å². The van der Waals surface area contributed by atoms with Crippen LogP contribution in [0.5, 0.6) is 11.8 Å². The van der Waals surface area contributed by atoms with Crippen molar-refractivity contribution < 1.29 is 36.9 Å². The van der Waals surface area contributed by atoms with Gasteiger partial charge in [-0.05, 0) is 56.1 Å². The van der Waals surface area contributed by atoms with E-state index in [0.29, 0.717) is 41.7 Å². The number of anilines is 1. The topological polar surface area (TPSA) is 109 Å². The number of rotatable bonds is 10. The van der Waals surface area contributed by atoms with Crippen molar-refractivity contribution in [3.63, 3.8) is 0 Å². The van der Waals surface area contributed by atoms with Gasteiger partial charge in [-0.15, -0.1) is 6.42 Å². The molecule has 2 unspecified atom stereocenters. The molecule has 1 saturated carbocycles. The van der Waals surface area contributed by atoms with E-state index in [2.05, 4.69) is 20.9 Å². The summed E-state index contributed by atoms with van der Waals surface area (Å²) < 4.78 is 75.2. The molecule has 1 amide bonds. The van der Waals surface area contributed by atoms with E-state index in [1.54, 1.807) is 39.3 Å². The summed E-state index contributed by atoms with van der Waals surface area (Å²) in [5.74, 6) is -2.08. The monoisotopic (exact) mass is 745 g/mol. The Balaban J connectivity index is 1.35. The van der Waals surface area contributed by atoms with Gasteiger partial charge in [0.1, 0.15) is 35.0 Å². The maximum atomic E-state index is 17.7. The molecule has 8 rings (SSSR count). The highest BCUT2D eigenvalue weighted by atomic mass is 19.3. The van der Waals surface area contributed by atoms with Crippen molar-refractivity contribution in [2.75, 3.05) is 59.0 Å². The fourth-order valence-electron chi connectivity index (χ4n) is 8.54. The highest BCUT2D eigenvalue weighted by Gasteiger charge is 2.71. The number of halogens is 4. The number of benzene rings is 3. The van der Waals surface area contributed by atoms with E-state index in [-0.39, 0.29) is 82.2 Å². The Labute approximate surface area is 308 Å². The molecule has 282 valence electrons. The molecule has 2 bridgehead atoms. The van der Waals surface area contributed by atoms with Gasteiger partial charge in [-0.1, -0.05) is 12.0 Å². The lowest BCUT2D eigenvalue weighted by molar-refractivity contribution is -0.133. The van der Waals surface area contributed by atoms with Crippen LogP contribution in [-0.2, 0) is 16.6 Å². The van der Waals surface area contributed by atoms with Crippen molar-refractivity contribution in [2.24, 2.45) is 12.5 Å². The molecule has 3 atom stereocenters. The summed E-state index contributed by atoms with van der Waals surface area (Å²) in [7, 11) is 6.62. The second-order valence-corrected chi connectivity index (χ2v) is 15.0. The van der Waals surface area contributed by atoms with E-state index in [4.69, 9.17) is 20.9 Å². The van der Waals surface area contributed by atoms with Crippen LogP contribution >= 0.6 is 0 Å². The molecule has 3 aliphatic rings. The smallest absolute Gasteiger partial charge is 0.319 e. The van der Waals surface area contributed by atoms with E-state index >= 15 is 8.78 Å². The van der Waals surface area contributed by atoms with Crippen LogP contribution in [0.25, 0.3) is 43.7 Å². The van der Waals surface area contributed by atoms with Crippen molar-refractivity contribution >= 4 is 44.3 Å². The molecule has 54 heavy (non-hydrogen) atoms. The molecule has 3 aromatic carbocycles. The quantitative estimate of drug-likeness (QED) is 0.147. The third-order valence-electron chi connectivity index (χ3n) is 11.0. The molecule has 15 heteroatoms. The molecular weight excluding hydrogens is 706 g/mol. The van der Waals surface area contributed by atoms with Gasteiger partial charge in [-0.2, -0.15) is 15.1 Å². The van der Waals surface area contributed by atoms with Gasteiger partial charge in [0.25, 0.3) is 5.92 Å². The van der Waals surface area contributed by atoms with Crippen molar-refractivity contribution in [3.8, 4) is 35.2 Å². The molecule has 1 aliphatic carbocycles. The number of fused-ring (bicyclic) bond motifs is 6. The number of aryl methyl sites for hydroxylation is 1. The zero-order valence-corrected chi connectivity index (χ0v) is 30.3. The summed E-state index contributed by atoms with van der Waals surface area (Å²) >= 11 is 0. The number of alkyl halides is 2. The highest BCUT2D eigenvalue weighted by molar-refractivity contribution is 6.18. The molecule has 3 fully saturated rings. The second-order valence-electron chi connectivity index (χ2n) is 15.0. The van der Waals surface area contributed by atoms with Crippen LogP contribution < -0.4 is 9.64 Å². The number of carbonyl (C=O) groups is 1. The van der Waals surface area contributed by atoms with Crippen LogP contribution in [-0.4, -0.2) is 113 Å². The number of methoxy groups -OCH3 is 1. The Kier molecular flexibility index (Phi) is 8.61. The Hall–Kier alpha value is -5.20. The van der Waals surface area contributed by atoms with Gasteiger partial charge in [0.05, 0.1) is 29.4 Å². The molecule has 5 aromatic rings. The Morgan fingerprint density at radius 2 is 1.83 bits per heavy atom. The summed E-state index contributed by atoms with van der Waals surface area (Å²) in [6.07, 6.45) is 8.79. The first-order valence-corrected chi connectivity index (χ1v) is 17.7. The first-order valence-electron chi connectivity index (χ1n) is 17.7. The van der Waals surface area contributed by atoms with Crippen LogP contribution in [0.3, 0.4) is 0 Å². The number of nitrogens with zero attached hydrogens (tertiary/aromatic N) is 7. The number of hydrogen-bond acceptors (Lipinski definition) is 9. The molecule has 0 radical (unpaired) electrons. The van der Waals surface area contributed by atoms with Gasteiger partial charge >= 0.3 is 6.01 Å².